The molecule has 0 heterocycles. The van der Waals surface area contributed by atoms with Gasteiger partial charge in [-0.2, -0.15) is 0 Å². The minimum Gasteiger partial charge on any atom is -0.386 e. The predicted octanol–water partition coefficient (Wildman–Crippen LogP) is 0.487. The van der Waals surface area contributed by atoms with Crippen LogP contribution in [0, 0.1) is 11.8 Å². The van der Waals surface area contributed by atoms with E-state index in [0.29, 0.717) is 18.3 Å². The Morgan fingerprint density at radius 2 is 2.25 bits per heavy atom. The van der Waals surface area contributed by atoms with Gasteiger partial charge in [0, 0.05) is 7.11 Å². The number of hydrogen-bond donors (Lipinski definition) is 1. The molecule has 2 aliphatic carbocycles. The third kappa shape index (κ3) is 1.44. The molecule has 88 valence electrons. The van der Waals surface area contributed by atoms with Gasteiger partial charge >= 0.3 is 0 Å². The second kappa shape index (κ2) is 4.11. The molecule has 1 saturated carbocycles. The minimum atomic E-state index is -1.12. The summed E-state index contributed by atoms with van der Waals surface area (Å²) in [6, 6.07) is 0. The number of carbonyl (C=O) groups is 2. The quantitative estimate of drug-likeness (QED) is 0.708. The Hall–Kier alpha value is -1.00. The van der Waals surface area contributed by atoms with Gasteiger partial charge in [-0.3, -0.25) is 4.79 Å². The highest BCUT2D eigenvalue weighted by molar-refractivity contribution is 5.76. The maximum atomic E-state index is 11.1. The lowest BCUT2D eigenvalue weighted by Gasteiger charge is -2.40. The highest BCUT2D eigenvalue weighted by Gasteiger charge is 2.55. The number of carbonyl (C=O) groups excluding carboxylic acids is 2. The third-order valence-electron chi connectivity index (χ3n) is 3.94. The van der Waals surface area contributed by atoms with Crippen molar-refractivity contribution < 1.29 is 19.4 Å². The fourth-order valence-electron chi connectivity index (χ4n) is 3.09. The van der Waals surface area contributed by atoms with E-state index in [-0.39, 0.29) is 12.0 Å². The van der Waals surface area contributed by atoms with Crippen LogP contribution < -0.4 is 0 Å². The number of aldehydes is 2. The van der Waals surface area contributed by atoms with Crippen molar-refractivity contribution in [1.82, 2.24) is 0 Å². The van der Waals surface area contributed by atoms with Gasteiger partial charge in [0.25, 0.3) is 0 Å². The number of ether oxygens (including phenoxy) is 1. The summed E-state index contributed by atoms with van der Waals surface area (Å²) in [7, 11) is 1.55. The van der Waals surface area contributed by atoms with Crippen LogP contribution in [0.3, 0.4) is 0 Å². The van der Waals surface area contributed by atoms with Gasteiger partial charge < -0.3 is 14.6 Å². The summed E-state index contributed by atoms with van der Waals surface area (Å²) in [5.74, 6) is -0.670. The SMILES string of the molecule is CO[C@@H]1CCC2CC(C=O)=CC(C=O)[C@@]21O. The van der Waals surface area contributed by atoms with E-state index in [4.69, 9.17) is 4.74 Å². The van der Waals surface area contributed by atoms with E-state index in [9.17, 15) is 14.7 Å². The Kier molecular flexibility index (Phi) is 2.95. The first-order valence-electron chi connectivity index (χ1n) is 5.53. The van der Waals surface area contributed by atoms with Gasteiger partial charge in [-0.05, 0) is 30.8 Å². The number of fused-ring (bicyclic) bond motifs is 1. The average Bonchev–Trinajstić information content (AvgIpc) is 2.64. The molecule has 4 nitrogen and oxygen atoms in total. The van der Waals surface area contributed by atoms with Crippen molar-refractivity contribution in [2.24, 2.45) is 11.8 Å². The van der Waals surface area contributed by atoms with Crippen LogP contribution in [-0.2, 0) is 14.3 Å². The van der Waals surface area contributed by atoms with E-state index in [2.05, 4.69) is 0 Å². The summed E-state index contributed by atoms with van der Waals surface area (Å²) in [5.41, 5.74) is -0.508. The van der Waals surface area contributed by atoms with Gasteiger partial charge in [0.05, 0.1) is 12.0 Å². The Bertz CT molecular complexity index is 336. The van der Waals surface area contributed by atoms with Crippen LogP contribution in [0.5, 0.6) is 0 Å². The number of hydrogen-bond acceptors (Lipinski definition) is 4. The Labute approximate surface area is 94.3 Å². The zero-order valence-corrected chi connectivity index (χ0v) is 9.26. The summed E-state index contributed by atoms with van der Waals surface area (Å²) in [4.78, 5) is 21.8. The van der Waals surface area contributed by atoms with Gasteiger partial charge in [0.15, 0.2) is 0 Å². The van der Waals surface area contributed by atoms with Crippen LogP contribution in [0.25, 0.3) is 0 Å². The van der Waals surface area contributed by atoms with Gasteiger partial charge in [0.1, 0.15) is 18.2 Å². The number of allylic oxidation sites excluding steroid dienone is 1. The molecule has 1 N–H and O–H groups in total. The van der Waals surface area contributed by atoms with Crippen molar-refractivity contribution in [1.29, 1.82) is 0 Å². The molecule has 0 saturated heterocycles. The smallest absolute Gasteiger partial charge is 0.145 e. The van der Waals surface area contributed by atoms with Crippen molar-refractivity contribution >= 4 is 12.6 Å². The molecule has 0 radical (unpaired) electrons. The lowest BCUT2D eigenvalue weighted by Crippen LogP contribution is -2.52. The molecule has 0 aromatic heterocycles. The van der Waals surface area contributed by atoms with E-state index in [1.165, 1.54) is 0 Å². The predicted molar refractivity (Wildman–Crippen MR) is 56.8 cm³/mol. The zero-order chi connectivity index (χ0) is 11.8. The molecule has 0 amide bonds. The van der Waals surface area contributed by atoms with Crippen molar-refractivity contribution in [3.05, 3.63) is 11.6 Å². The first-order chi connectivity index (χ1) is 7.66. The molecule has 16 heavy (non-hydrogen) atoms. The summed E-state index contributed by atoms with van der Waals surface area (Å²) >= 11 is 0. The van der Waals surface area contributed by atoms with Crippen LogP contribution in [0.1, 0.15) is 19.3 Å². The number of methoxy groups -OCH3 is 1. The van der Waals surface area contributed by atoms with E-state index >= 15 is 0 Å². The number of aliphatic hydroxyl groups is 1. The first kappa shape index (κ1) is 11.5. The van der Waals surface area contributed by atoms with E-state index in [0.717, 1.165) is 19.1 Å². The molecule has 0 aromatic carbocycles. The van der Waals surface area contributed by atoms with Crippen molar-refractivity contribution in [3.63, 3.8) is 0 Å². The van der Waals surface area contributed by atoms with E-state index in [1.54, 1.807) is 13.2 Å². The highest BCUT2D eigenvalue weighted by atomic mass is 16.5. The molecule has 0 aromatic rings. The first-order valence-corrected chi connectivity index (χ1v) is 5.53. The van der Waals surface area contributed by atoms with Gasteiger partial charge in [-0.15, -0.1) is 0 Å². The molecule has 0 aliphatic heterocycles. The maximum Gasteiger partial charge on any atom is 0.145 e. The normalized spacial score (nSPS) is 42.4. The maximum absolute atomic E-state index is 11.1. The molecule has 0 spiro atoms. The topological polar surface area (TPSA) is 63.6 Å². The molecule has 4 heteroatoms. The molecule has 0 bridgehead atoms. The molecule has 1 fully saturated rings. The zero-order valence-electron chi connectivity index (χ0n) is 9.26. The molecular formula is C12H16O4. The average molecular weight is 224 g/mol. The fraction of sp³-hybridized carbons (Fsp3) is 0.667. The van der Waals surface area contributed by atoms with Crippen LogP contribution in [0.4, 0.5) is 0 Å². The lowest BCUT2D eigenvalue weighted by atomic mass is 9.71. The van der Waals surface area contributed by atoms with Crippen molar-refractivity contribution in [2.45, 2.75) is 31.0 Å². The molecular weight excluding hydrogens is 208 g/mol. The van der Waals surface area contributed by atoms with Gasteiger partial charge in [-0.25, -0.2) is 0 Å². The monoisotopic (exact) mass is 224 g/mol. The van der Waals surface area contributed by atoms with Crippen LogP contribution >= 0.6 is 0 Å². The Morgan fingerprint density at radius 1 is 1.50 bits per heavy atom. The van der Waals surface area contributed by atoms with Crippen molar-refractivity contribution in [3.8, 4) is 0 Å². The van der Waals surface area contributed by atoms with Crippen LogP contribution in [0.2, 0.25) is 0 Å². The van der Waals surface area contributed by atoms with Gasteiger partial charge in [-0.1, -0.05) is 6.08 Å². The third-order valence-corrected chi connectivity index (χ3v) is 3.94. The summed E-state index contributed by atoms with van der Waals surface area (Å²) in [5, 5.41) is 10.6. The second-order valence-electron chi connectivity index (χ2n) is 4.61. The highest BCUT2D eigenvalue weighted by Crippen LogP contribution is 2.48. The van der Waals surface area contributed by atoms with E-state index in [1.807, 2.05) is 0 Å². The van der Waals surface area contributed by atoms with Crippen LogP contribution in [0.15, 0.2) is 11.6 Å². The lowest BCUT2D eigenvalue weighted by molar-refractivity contribution is -0.141. The molecule has 2 unspecified atom stereocenters. The Morgan fingerprint density at radius 3 is 2.81 bits per heavy atom. The summed E-state index contributed by atoms with van der Waals surface area (Å²) in [6.45, 7) is 0. The van der Waals surface area contributed by atoms with Gasteiger partial charge in [0.2, 0.25) is 0 Å². The standard InChI is InChI=1S/C12H16O4/c1-16-11-3-2-9-4-8(6-13)5-10(7-14)12(9,11)15/h5-7,9-11,15H,2-4H2,1H3/t9?,10?,11-,12+/m1/s1. The molecule has 2 aliphatic rings. The summed E-state index contributed by atoms with van der Waals surface area (Å²) in [6.07, 6.45) is 4.84. The largest absolute Gasteiger partial charge is 0.386 e. The van der Waals surface area contributed by atoms with Crippen LogP contribution in [-0.4, -0.2) is 36.5 Å². The molecule has 2 rings (SSSR count). The fourth-order valence-corrected chi connectivity index (χ4v) is 3.09. The van der Waals surface area contributed by atoms with E-state index < -0.39 is 11.5 Å². The Balaban J connectivity index is 2.38. The minimum absolute atomic E-state index is 0.0437. The molecule has 4 atom stereocenters. The second-order valence-corrected chi connectivity index (χ2v) is 4.61. The summed E-state index contributed by atoms with van der Waals surface area (Å²) < 4.78 is 5.26. The number of rotatable bonds is 3. The van der Waals surface area contributed by atoms with Crippen molar-refractivity contribution in [2.75, 3.05) is 7.11 Å².